The van der Waals surface area contributed by atoms with E-state index in [1.54, 1.807) is 13.2 Å². The standard InChI is InChI=1S/C15H15N3O3/c1-20-12-2-3-14-10(6-12)4-5-18(14)8-13-7-11(9-21-13)15(19)17-16/h2-7,9H,8,16H2,1H3,(H,17,19). The number of hydrazine groups is 1. The fourth-order valence-electron chi connectivity index (χ4n) is 2.28. The maximum atomic E-state index is 11.4. The van der Waals surface area contributed by atoms with E-state index in [1.165, 1.54) is 6.26 Å². The fourth-order valence-corrected chi connectivity index (χ4v) is 2.28. The summed E-state index contributed by atoms with van der Waals surface area (Å²) in [5, 5.41) is 1.08. The Morgan fingerprint density at radius 2 is 2.24 bits per heavy atom. The molecule has 3 aromatic rings. The van der Waals surface area contributed by atoms with Gasteiger partial charge in [-0.3, -0.25) is 10.2 Å². The average Bonchev–Trinajstić information content (AvgIpc) is 3.14. The van der Waals surface area contributed by atoms with Gasteiger partial charge in [0.05, 0.1) is 19.2 Å². The smallest absolute Gasteiger partial charge is 0.268 e. The number of aromatic nitrogens is 1. The number of hydrogen-bond acceptors (Lipinski definition) is 4. The number of benzene rings is 1. The monoisotopic (exact) mass is 285 g/mol. The lowest BCUT2D eigenvalue weighted by Gasteiger charge is -2.04. The zero-order valence-electron chi connectivity index (χ0n) is 11.5. The summed E-state index contributed by atoms with van der Waals surface area (Å²) in [7, 11) is 1.64. The predicted octanol–water partition coefficient (Wildman–Crippen LogP) is 1.89. The second kappa shape index (κ2) is 5.34. The van der Waals surface area contributed by atoms with Crippen LogP contribution in [0.15, 0.2) is 47.2 Å². The number of carbonyl (C=O) groups is 1. The second-order valence-corrected chi connectivity index (χ2v) is 4.64. The van der Waals surface area contributed by atoms with Crippen LogP contribution in [-0.4, -0.2) is 17.6 Å². The third-order valence-electron chi connectivity index (χ3n) is 3.35. The van der Waals surface area contributed by atoms with Crippen molar-refractivity contribution in [3.63, 3.8) is 0 Å². The zero-order chi connectivity index (χ0) is 14.8. The van der Waals surface area contributed by atoms with Crippen molar-refractivity contribution in [2.45, 2.75) is 6.54 Å². The second-order valence-electron chi connectivity index (χ2n) is 4.64. The van der Waals surface area contributed by atoms with Gasteiger partial charge in [-0.1, -0.05) is 0 Å². The van der Waals surface area contributed by atoms with Gasteiger partial charge in [-0.15, -0.1) is 0 Å². The Morgan fingerprint density at radius 3 is 3.00 bits per heavy atom. The first-order chi connectivity index (χ1) is 10.2. The van der Waals surface area contributed by atoms with Crippen LogP contribution in [0.4, 0.5) is 0 Å². The molecule has 2 aromatic heterocycles. The maximum Gasteiger partial charge on any atom is 0.268 e. The summed E-state index contributed by atoms with van der Waals surface area (Å²) in [6.45, 7) is 0.535. The van der Waals surface area contributed by atoms with Gasteiger partial charge in [0.1, 0.15) is 17.8 Å². The van der Waals surface area contributed by atoms with Crippen LogP contribution in [-0.2, 0) is 6.54 Å². The van der Waals surface area contributed by atoms with Crippen molar-refractivity contribution in [1.29, 1.82) is 0 Å². The first kappa shape index (κ1) is 13.3. The number of nitrogens with zero attached hydrogens (tertiary/aromatic N) is 1. The molecule has 0 unspecified atom stereocenters. The lowest BCUT2D eigenvalue weighted by Crippen LogP contribution is -2.29. The minimum atomic E-state index is -0.368. The number of hydrogen-bond donors (Lipinski definition) is 2. The highest BCUT2D eigenvalue weighted by Gasteiger charge is 2.10. The first-order valence-electron chi connectivity index (χ1n) is 6.42. The SMILES string of the molecule is COc1ccc2c(ccn2Cc2cc(C(=O)NN)co2)c1. The van der Waals surface area contributed by atoms with Crippen molar-refractivity contribution in [1.82, 2.24) is 9.99 Å². The molecule has 108 valence electrons. The van der Waals surface area contributed by atoms with Crippen LogP contribution in [0.5, 0.6) is 5.75 Å². The van der Waals surface area contributed by atoms with Crippen molar-refractivity contribution in [2.75, 3.05) is 7.11 Å². The van der Waals surface area contributed by atoms with Gasteiger partial charge in [-0.25, -0.2) is 5.84 Å². The summed E-state index contributed by atoms with van der Waals surface area (Å²) < 4.78 is 12.6. The zero-order valence-corrected chi connectivity index (χ0v) is 11.5. The summed E-state index contributed by atoms with van der Waals surface area (Å²) in [5.74, 6) is 6.23. The van der Waals surface area contributed by atoms with E-state index < -0.39 is 0 Å². The molecule has 0 aliphatic rings. The van der Waals surface area contributed by atoms with E-state index in [9.17, 15) is 4.79 Å². The number of furan rings is 1. The molecule has 0 aliphatic carbocycles. The van der Waals surface area contributed by atoms with Crippen molar-refractivity contribution in [3.8, 4) is 5.75 Å². The summed E-state index contributed by atoms with van der Waals surface area (Å²) in [5.41, 5.74) is 3.55. The molecule has 0 saturated carbocycles. The molecule has 2 heterocycles. The molecule has 0 aliphatic heterocycles. The molecular formula is C15H15N3O3. The largest absolute Gasteiger partial charge is 0.497 e. The summed E-state index contributed by atoms with van der Waals surface area (Å²) in [6.07, 6.45) is 3.36. The molecule has 0 radical (unpaired) electrons. The van der Waals surface area contributed by atoms with E-state index in [-0.39, 0.29) is 5.91 Å². The van der Waals surface area contributed by atoms with Gasteiger partial charge in [0.25, 0.3) is 5.91 Å². The molecule has 0 atom stereocenters. The summed E-state index contributed by atoms with van der Waals surface area (Å²) in [6, 6.07) is 9.56. The van der Waals surface area contributed by atoms with Gasteiger partial charge >= 0.3 is 0 Å². The molecule has 0 bridgehead atoms. The van der Waals surface area contributed by atoms with Crippen LogP contribution in [0.25, 0.3) is 10.9 Å². The number of nitrogens with two attached hydrogens (primary N) is 1. The fraction of sp³-hybridized carbons (Fsp3) is 0.133. The molecule has 1 amide bonds. The number of amides is 1. The number of fused-ring (bicyclic) bond motifs is 1. The van der Waals surface area contributed by atoms with E-state index in [2.05, 4.69) is 5.43 Å². The molecule has 6 heteroatoms. The lowest BCUT2D eigenvalue weighted by molar-refractivity contribution is 0.0953. The molecule has 0 spiro atoms. The number of nitrogens with one attached hydrogen (secondary N) is 1. The number of rotatable bonds is 4. The van der Waals surface area contributed by atoms with Crippen LogP contribution in [0, 0.1) is 0 Å². The van der Waals surface area contributed by atoms with Gasteiger partial charge in [-0.05, 0) is 30.3 Å². The highest BCUT2D eigenvalue weighted by Crippen LogP contribution is 2.23. The Hall–Kier alpha value is -2.73. The molecule has 21 heavy (non-hydrogen) atoms. The van der Waals surface area contributed by atoms with Gasteiger partial charge < -0.3 is 13.7 Å². The van der Waals surface area contributed by atoms with Crippen molar-refractivity contribution in [2.24, 2.45) is 5.84 Å². The van der Waals surface area contributed by atoms with Gasteiger partial charge in [0, 0.05) is 17.1 Å². The number of ether oxygens (including phenoxy) is 1. The van der Waals surface area contributed by atoms with E-state index in [0.717, 1.165) is 16.7 Å². The van der Waals surface area contributed by atoms with Crippen LogP contribution in [0.1, 0.15) is 16.1 Å². The molecule has 3 rings (SSSR count). The number of methoxy groups -OCH3 is 1. The van der Waals surface area contributed by atoms with E-state index in [0.29, 0.717) is 17.9 Å². The maximum absolute atomic E-state index is 11.4. The number of nitrogen functional groups attached to an aromatic ring is 1. The third-order valence-corrected chi connectivity index (χ3v) is 3.35. The normalized spacial score (nSPS) is 10.8. The Morgan fingerprint density at radius 1 is 1.38 bits per heavy atom. The van der Waals surface area contributed by atoms with Crippen LogP contribution >= 0.6 is 0 Å². The molecule has 3 N–H and O–H groups in total. The lowest BCUT2D eigenvalue weighted by atomic mass is 10.2. The van der Waals surface area contributed by atoms with E-state index in [1.807, 2.05) is 35.0 Å². The Kier molecular flexibility index (Phi) is 3.37. The third kappa shape index (κ3) is 2.48. The molecule has 6 nitrogen and oxygen atoms in total. The van der Waals surface area contributed by atoms with Gasteiger partial charge in [-0.2, -0.15) is 0 Å². The molecule has 0 saturated heterocycles. The molecule has 1 aromatic carbocycles. The van der Waals surface area contributed by atoms with E-state index >= 15 is 0 Å². The van der Waals surface area contributed by atoms with E-state index in [4.69, 9.17) is 15.0 Å². The minimum Gasteiger partial charge on any atom is -0.497 e. The summed E-state index contributed by atoms with van der Waals surface area (Å²) >= 11 is 0. The topological polar surface area (TPSA) is 82.4 Å². The van der Waals surface area contributed by atoms with Crippen LogP contribution in [0.3, 0.4) is 0 Å². The van der Waals surface area contributed by atoms with Crippen molar-refractivity contribution >= 4 is 16.8 Å². The Bertz CT molecular complexity index is 788. The summed E-state index contributed by atoms with van der Waals surface area (Å²) in [4.78, 5) is 11.4. The minimum absolute atomic E-state index is 0.368. The quantitative estimate of drug-likeness (QED) is 0.436. The van der Waals surface area contributed by atoms with Crippen LogP contribution in [0.2, 0.25) is 0 Å². The van der Waals surface area contributed by atoms with Crippen molar-refractivity contribution in [3.05, 3.63) is 54.1 Å². The predicted molar refractivity (Wildman–Crippen MR) is 78.0 cm³/mol. The highest BCUT2D eigenvalue weighted by molar-refractivity contribution is 5.93. The Balaban J connectivity index is 1.88. The van der Waals surface area contributed by atoms with Gasteiger partial charge in [0.15, 0.2) is 0 Å². The molecule has 0 fully saturated rings. The van der Waals surface area contributed by atoms with Crippen LogP contribution < -0.4 is 16.0 Å². The molecular weight excluding hydrogens is 270 g/mol. The Labute approximate surface area is 121 Å². The number of carbonyl (C=O) groups excluding carboxylic acids is 1. The average molecular weight is 285 g/mol. The first-order valence-corrected chi connectivity index (χ1v) is 6.42. The van der Waals surface area contributed by atoms with Crippen molar-refractivity contribution < 1.29 is 13.9 Å². The van der Waals surface area contributed by atoms with Gasteiger partial charge in [0.2, 0.25) is 0 Å². The highest BCUT2D eigenvalue weighted by atomic mass is 16.5.